The van der Waals surface area contributed by atoms with Crippen molar-refractivity contribution in [3.63, 3.8) is 0 Å². The first kappa shape index (κ1) is 19.6. The van der Waals surface area contributed by atoms with E-state index in [-0.39, 0.29) is 0 Å². The Morgan fingerprint density at radius 1 is 1.21 bits per heavy atom. The maximum atomic E-state index is 6.41. The monoisotopic (exact) mass is 408 g/mol. The Balaban J connectivity index is 1.60. The van der Waals surface area contributed by atoms with Gasteiger partial charge in [0, 0.05) is 39.2 Å². The number of aliphatic imine (C=N–C) groups is 1. The van der Waals surface area contributed by atoms with E-state index in [1.54, 1.807) is 0 Å². The van der Waals surface area contributed by atoms with Crippen molar-refractivity contribution in [3.05, 3.63) is 58.3 Å². The molecule has 2 aromatic heterocycles. The number of allylic oxidation sites excluding steroid dienone is 1. The molecule has 0 N–H and O–H groups in total. The van der Waals surface area contributed by atoms with Gasteiger partial charge in [-0.05, 0) is 31.9 Å². The van der Waals surface area contributed by atoms with E-state index in [9.17, 15) is 0 Å². The number of nitrogens with zero attached hydrogens (tertiary/aromatic N) is 6. The zero-order valence-corrected chi connectivity index (χ0v) is 17.8. The van der Waals surface area contributed by atoms with Crippen molar-refractivity contribution in [2.75, 3.05) is 6.54 Å². The van der Waals surface area contributed by atoms with E-state index in [0.717, 1.165) is 65.5 Å². The summed E-state index contributed by atoms with van der Waals surface area (Å²) in [5.41, 5.74) is 4.22. The predicted octanol–water partition coefficient (Wildman–Crippen LogP) is 4.40. The number of hydrogen-bond acceptors (Lipinski definition) is 4. The van der Waals surface area contributed by atoms with E-state index < -0.39 is 0 Å². The minimum absolute atomic E-state index is 0.726. The van der Waals surface area contributed by atoms with Crippen LogP contribution in [-0.2, 0) is 33.6 Å². The average Bonchev–Trinajstić information content (AvgIpc) is 3.19. The second-order valence-electron chi connectivity index (χ2n) is 7.28. The van der Waals surface area contributed by atoms with E-state index in [1.165, 1.54) is 5.69 Å². The molecule has 3 aromatic rings. The lowest BCUT2D eigenvalue weighted by molar-refractivity contribution is 0.230. The summed E-state index contributed by atoms with van der Waals surface area (Å²) in [4.78, 5) is 16.2. The van der Waals surface area contributed by atoms with Gasteiger partial charge in [0.25, 0.3) is 0 Å². The van der Waals surface area contributed by atoms with E-state index in [0.29, 0.717) is 0 Å². The molecule has 0 aliphatic carbocycles. The molecule has 7 heteroatoms. The van der Waals surface area contributed by atoms with Gasteiger partial charge in [-0.25, -0.2) is 15.0 Å². The summed E-state index contributed by atoms with van der Waals surface area (Å²) < 4.78 is 4.19. The van der Waals surface area contributed by atoms with Gasteiger partial charge in [0.05, 0.1) is 23.0 Å². The highest BCUT2D eigenvalue weighted by molar-refractivity contribution is 6.33. The van der Waals surface area contributed by atoms with Crippen molar-refractivity contribution in [3.8, 4) is 11.4 Å². The van der Waals surface area contributed by atoms with Crippen molar-refractivity contribution in [1.29, 1.82) is 0 Å². The van der Waals surface area contributed by atoms with Crippen molar-refractivity contribution in [2.45, 2.75) is 26.4 Å². The first-order valence-corrected chi connectivity index (χ1v) is 10.1. The Bertz CT molecular complexity index is 1090. The van der Waals surface area contributed by atoms with Crippen LogP contribution in [0, 0.1) is 0 Å². The summed E-state index contributed by atoms with van der Waals surface area (Å²) in [6.07, 6.45) is 4.85. The van der Waals surface area contributed by atoms with Crippen LogP contribution in [-0.4, -0.2) is 37.3 Å². The topological polar surface area (TPSA) is 51.2 Å². The lowest BCUT2D eigenvalue weighted by Crippen LogP contribution is -2.31. The molecule has 3 heterocycles. The molecule has 1 aromatic carbocycles. The number of hydrogen-bond donors (Lipinski definition) is 0. The van der Waals surface area contributed by atoms with Gasteiger partial charge >= 0.3 is 0 Å². The van der Waals surface area contributed by atoms with Crippen LogP contribution in [0.5, 0.6) is 0 Å². The van der Waals surface area contributed by atoms with Crippen LogP contribution in [0.3, 0.4) is 0 Å². The molecular weight excluding hydrogens is 384 g/mol. The van der Waals surface area contributed by atoms with Gasteiger partial charge in [-0.2, -0.15) is 0 Å². The van der Waals surface area contributed by atoms with E-state index in [4.69, 9.17) is 21.6 Å². The van der Waals surface area contributed by atoms with Crippen LogP contribution in [0.25, 0.3) is 17.5 Å². The number of imidazole rings is 2. The Kier molecular flexibility index (Phi) is 5.39. The number of aromatic nitrogens is 4. The summed E-state index contributed by atoms with van der Waals surface area (Å²) in [5.74, 6) is 2.71. The zero-order chi connectivity index (χ0) is 20.5. The third kappa shape index (κ3) is 3.54. The van der Waals surface area contributed by atoms with Crippen LogP contribution < -0.4 is 0 Å². The molecule has 1 aliphatic heterocycles. The first-order valence-electron chi connectivity index (χ1n) is 9.70. The Hall–Kier alpha value is -2.70. The fourth-order valence-corrected chi connectivity index (χ4v) is 4.14. The maximum Gasteiger partial charge on any atom is 0.159 e. The van der Waals surface area contributed by atoms with Crippen molar-refractivity contribution in [2.24, 2.45) is 19.1 Å². The van der Waals surface area contributed by atoms with Crippen molar-refractivity contribution < 1.29 is 0 Å². The number of rotatable bonds is 5. The van der Waals surface area contributed by atoms with Crippen LogP contribution in [0.15, 0.2) is 35.3 Å². The molecule has 0 atom stereocenters. The molecular formula is C22H25ClN6. The summed E-state index contributed by atoms with van der Waals surface area (Å²) in [6, 6.07) is 7.87. The molecule has 4 rings (SSSR count). The van der Waals surface area contributed by atoms with Crippen LogP contribution in [0.4, 0.5) is 5.82 Å². The summed E-state index contributed by atoms with van der Waals surface area (Å²) in [6.45, 7) is 8.19. The molecule has 1 aliphatic rings. The van der Waals surface area contributed by atoms with Gasteiger partial charge in [0.1, 0.15) is 17.3 Å². The Morgan fingerprint density at radius 3 is 2.72 bits per heavy atom. The molecule has 0 amide bonds. The fourth-order valence-electron chi connectivity index (χ4n) is 3.92. The highest BCUT2D eigenvalue weighted by Crippen LogP contribution is 2.31. The smallest absolute Gasteiger partial charge is 0.159 e. The molecule has 0 fully saturated rings. The fraction of sp³-hybridized carbons (Fsp3) is 0.318. The lowest BCUT2D eigenvalue weighted by atomic mass is 10.1. The second kappa shape index (κ2) is 7.97. The number of halogens is 1. The Morgan fingerprint density at radius 2 is 2.00 bits per heavy atom. The van der Waals surface area contributed by atoms with E-state index >= 15 is 0 Å². The number of benzene rings is 1. The predicted molar refractivity (Wildman–Crippen MR) is 119 cm³/mol. The van der Waals surface area contributed by atoms with E-state index in [2.05, 4.69) is 28.2 Å². The third-order valence-electron chi connectivity index (χ3n) is 5.47. The summed E-state index contributed by atoms with van der Waals surface area (Å²) >= 11 is 6.41. The second-order valence-corrected chi connectivity index (χ2v) is 7.69. The minimum Gasteiger partial charge on any atom is -0.330 e. The SMILES string of the molecule is C=Nc1c(/C=C\C)nc(CN2CCc3nc(-c4ccccc4Cl)n(C)c3C2)n1C. The quantitative estimate of drug-likeness (QED) is 0.588. The molecule has 0 saturated carbocycles. The normalized spacial score (nSPS) is 14.5. The molecule has 0 radical (unpaired) electrons. The Labute approximate surface area is 176 Å². The molecule has 6 nitrogen and oxygen atoms in total. The van der Waals surface area contributed by atoms with Crippen LogP contribution in [0.1, 0.15) is 29.8 Å². The molecule has 0 saturated heterocycles. The van der Waals surface area contributed by atoms with Gasteiger partial charge in [0.2, 0.25) is 0 Å². The van der Waals surface area contributed by atoms with Crippen molar-refractivity contribution >= 4 is 30.2 Å². The highest BCUT2D eigenvalue weighted by atomic mass is 35.5. The lowest BCUT2D eigenvalue weighted by Gasteiger charge is -2.26. The molecule has 0 unspecified atom stereocenters. The average molecular weight is 409 g/mol. The van der Waals surface area contributed by atoms with Crippen LogP contribution >= 0.6 is 11.6 Å². The zero-order valence-electron chi connectivity index (χ0n) is 17.1. The van der Waals surface area contributed by atoms with Gasteiger partial charge in [-0.15, -0.1) is 0 Å². The maximum absolute atomic E-state index is 6.41. The van der Waals surface area contributed by atoms with Gasteiger partial charge in [-0.3, -0.25) is 4.90 Å². The standard InChI is InChI=1S/C22H25ClN6/c1-5-8-18-22(24-2)28(4)20(25-18)14-29-12-11-17-19(13-29)27(3)21(26-17)15-9-6-7-10-16(15)23/h5-10H,2,11-14H2,1,3-4H3/b8-5-. The molecule has 150 valence electrons. The summed E-state index contributed by atoms with van der Waals surface area (Å²) in [7, 11) is 4.06. The summed E-state index contributed by atoms with van der Waals surface area (Å²) in [5, 5.41) is 0.726. The van der Waals surface area contributed by atoms with Gasteiger partial charge in [0.15, 0.2) is 5.82 Å². The molecule has 0 bridgehead atoms. The highest BCUT2D eigenvalue weighted by Gasteiger charge is 2.25. The van der Waals surface area contributed by atoms with E-state index in [1.807, 2.05) is 55.0 Å². The van der Waals surface area contributed by atoms with Gasteiger partial charge in [-0.1, -0.05) is 29.8 Å². The first-order chi connectivity index (χ1) is 14.0. The third-order valence-corrected chi connectivity index (χ3v) is 5.80. The molecule has 0 spiro atoms. The molecule has 29 heavy (non-hydrogen) atoms. The van der Waals surface area contributed by atoms with Crippen molar-refractivity contribution in [1.82, 2.24) is 24.0 Å². The minimum atomic E-state index is 0.726. The largest absolute Gasteiger partial charge is 0.330 e. The number of fused-ring (bicyclic) bond motifs is 1. The van der Waals surface area contributed by atoms with Gasteiger partial charge < -0.3 is 9.13 Å². The van der Waals surface area contributed by atoms with Crippen LogP contribution in [0.2, 0.25) is 5.02 Å².